The molecule has 20 heavy (non-hydrogen) atoms. The average Bonchev–Trinajstić information content (AvgIpc) is 2.19. The van der Waals surface area contributed by atoms with E-state index < -0.39 is 14.7 Å². The molecule has 6 heteroatoms. The minimum absolute atomic E-state index is 0.0167. The van der Waals surface area contributed by atoms with Gasteiger partial charge in [0.15, 0.2) is 0 Å². The van der Waals surface area contributed by atoms with E-state index in [1.807, 2.05) is 14.1 Å². The molecule has 0 unspecified atom stereocenters. The van der Waals surface area contributed by atoms with Gasteiger partial charge in [-0.3, -0.25) is 0 Å². The molecule has 0 amide bonds. The summed E-state index contributed by atoms with van der Waals surface area (Å²) in [6.45, 7) is 9.23. The Hall–Kier alpha value is 0.564. The van der Waals surface area contributed by atoms with E-state index >= 15 is 0 Å². The summed E-state index contributed by atoms with van der Waals surface area (Å²) in [5, 5.41) is 10.3. The number of nitrogens with zero attached hydrogens (tertiary/aromatic N) is 1. The van der Waals surface area contributed by atoms with E-state index in [1.165, 1.54) is 5.56 Å². The standard InChI is InChI=1S/C14H23NO.3ClH.Ti/c1-10-7-11(9-15(5)6)13(16)12(8-10)14(2,3)4;;;;/h7-8,16H,9H2,1-6H3;3*1H;/q;;;;+3/p-3. The molecule has 1 rings (SSSR count). The molecule has 0 heterocycles. The molecule has 0 fully saturated rings. The summed E-state index contributed by atoms with van der Waals surface area (Å²) in [6, 6.07) is 4.14. The zero-order valence-electron chi connectivity index (χ0n) is 12.9. The quantitative estimate of drug-likeness (QED) is 0.725. The molecule has 0 aliphatic heterocycles. The van der Waals surface area contributed by atoms with Crippen LogP contribution in [-0.4, -0.2) is 24.1 Å². The molecule has 0 saturated heterocycles. The monoisotopic (exact) mass is 374 g/mol. The average molecular weight is 376 g/mol. The summed E-state index contributed by atoms with van der Waals surface area (Å²) >= 11 is -1.92. The van der Waals surface area contributed by atoms with E-state index in [0.29, 0.717) is 5.75 Å². The van der Waals surface area contributed by atoms with E-state index in [4.69, 9.17) is 27.9 Å². The van der Waals surface area contributed by atoms with Gasteiger partial charge in [-0.05, 0) is 32.0 Å². The van der Waals surface area contributed by atoms with Crippen molar-refractivity contribution in [2.45, 2.75) is 39.7 Å². The van der Waals surface area contributed by atoms with Crippen molar-refractivity contribution in [1.82, 2.24) is 4.90 Å². The number of benzene rings is 1. The van der Waals surface area contributed by atoms with Crippen molar-refractivity contribution in [3.8, 4) is 5.75 Å². The summed E-state index contributed by atoms with van der Waals surface area (Å²) in [4.78, 5) is 2.07. The molecule has 1 N–H and O–H groups in total. The van der Waals surface area contributed by atoms with Crippen LogP contribution in [-0.2, 0) is 26.6 Å². The van der Waals surface area contributed by atoms with Gasteiger partial charge in [0, 0.05) is 12.1 Å². The van der Waals surface area contributed by atoms with Crippen LogP contribution in [0.15, 0.2) is 12.1 Å². The van der Waals surface area contributed by atoms with Crippen molar-refractivity contribution in [3.63, 3.8) is 0 Å². The third-order valence-electron chi connectivity index (χ3n) is 2.63. The Morgan fingerprint density at radius 1 is 1.15 bits per heavy atom. The van der Waals surface area contributed by atoms with Gasteiger partial charge in [0.1, 0.15) is 5.75 Å². The predicted molar refractivity (Wildman–Crippen MR) is 86.5 cm³/mol. The molecule has 115 valence electrons. The number of hydrogen-bond acceptors (Lipinski definition) is 2. The van der Waals surface area contributed by atoms with Crippen LogP contribution in [0.1, 0.15) is 37.5 Å². The van der Waals surface area contributed by atoms with Gasteiger partial charge < -0.3 is 10.0 Å². The van der Waals surface area contributed by atoms with Crippen LogP contribution in [0.2, 0.25) is 0 Å². The summed E-state index contributed by atoms with van der Waals surface area (Å²) in [5.74, 6) is 0.451. The Labute approximate surface area is 140 Å². The number of phenolic OH excluding ortho intramolecular Hbond substituents is 1. The molecule has 0 aliphatic carbocycles. The van der Waals surface area contributed by atoms with Gasteiger partial charge in [-0.15, -0.1) is 0 Å². The van der Waals surface area contributed by atoms with Crippen LogP contribution in [0.3, 0.4) is 0 Å². The number of rotatable bonds is 2. The fourth-order valence-electron chi connectivity index (χ4n) is 1.89. The minimum atomic E-state index is -1.92. The Morgan fingerprint density at radius 3 is 1.95 bits per heavy atom. The van der Waals surface area contributed by atoms with Crippen LogP contribution < -0.4 is 0 Å². The molecule has 0 radical (unpaired) electrons. The van der Waals surface area contributed by atoms with Crippen molar-refractivity contribution in [2.75, 3.05) is 14.1 Å². The fraction of sp³-hybridized carbons (Fsp3) is 0.571. The van der Waals surface area contributed by atoms with Gasteiger partial charge in [-0.1, -0.05) is 38.5 Å². The molecule has 0 saturated carbocycles. The summed E-state index contributed by atoms with van der Waals surface area (Å²) < 4.78 is 0. The van der Waals surface area contributed by atoms with Crippen molar-refractivity contribution in [2.24, 2.45) is 0 Å². The number of hydrogen-bond donors (Lipinski definition) is 1. The molecule has 1 aromatic rings. The molecule has 0 aliphatic rings. The van der Waals surface area contributed by atoms with E-state index in [9.17, 15) is 5.11 Å². The maximum atomic E-state index is 10.3. The van der Waals surface area contributed by atoms with Crippen LogP contribution in [0, 0.1) is 6.92 Å². The summed E-state index contributed by atoms with van der Waals surface area (Å²) in [6.07, 6.45) is 0. The Kier molecular flexibility index (Phi) is 9.12. The Morgan fingerprint density at radius 2 is 1.60 bits per heavy atom. The van der Waals surface area contributed by atoms with E-state index in [0.717, 1.165) is 17.7 Å². The second-order valence-corrected chi connectivity index (χ2v) is 13.8. The number of halogens is 3. The van der Waals surface area contributed by atoms with Crippen LogP contribution in [0.5, 0.6) is 5.75 Å². The molecule has 0 aromatic heterocycles. The topological polar surface area (TPSA) is 23.5 Å². The first kappa shape index (κ1) is 20.6. The first-order valence-corrected chi connectivity index (χ1v) is 12.7. The normalized spacial score (nSPS) is 11.1. The molecular weight excluding hydrogens is 352 g/mol. The van der Waals surface area contributed by atoms with E-state index in [-0.39, 0.29) is 5.41 Å². The van der Waals surface area contributed by atoms with Crippen LogP contribution in [0.25, 0.3) is 0 Å². The van der Waals surface area contributed by atoms with Crippen molar-refractivity contribution in [1.29, 1.82) is 0 Å². The van der Waals surface area contributed by atoms with Gasteiger partial charge >= 0.3 is 42.6 Å². The van der Waals surface area contributed by atoms with Crippen LogP contribution in [0.4, 0.5) is 0 Å². The number of aryl methyl sites for hydroxylation is 1. The summed E-state index contributed by atoms with van der Waals surface area (Å²) in [5.41, 5.74) is 3.23. The Balaban J connectivity index is 0.000000796. The van der Waals surface area contributed by atoms with E-state index in [2.05, 4.69) is 44.7 Å². The Bertz CT molecular complexity index is 428. The van der Waals surface area contributed by atoms with Crippen LogP contribution >= 0.6 is 27.9 Å². The molecule has 0 spiro atoms. The third-order valence-corrected chi connectivity index (χ3v) is 2.63. The number of aromatic hydroxyl groups is 1. The van der Waals surface area contributed by atoms with Gasteiger partial charge in [-0.25, -0.2) is 0 Å². The summed E-state index contributed by atoms with van der Waals surface area (Å²) in [7, 11) is 18.9. The molecule has 1 aromatic carbocycles. The van der Waals surface area contributed by atoms with Gasteiger partial charge in [-0.2, -0.15) is 0 Å². The number of phenols is 1. The first-order chi connectivity index (χ1) is 8.95. The van der Waals surface area contributed by atoms with E-state index in [1.54, 1.807) is 0 Å². The second-order valence-electron chi connectivity index (χ2n) is 6.02. The fourth-order valence-corrected chi connectivity index (χ4v) is 1.89. The van der Waals surface area contributed by atoms with Crippen molar-refractivity contribution >= 4 is 27.9 Å². The zero-order chi connectivity index (χ0) is 16.1. The first-order valence-electron chi connectivity index (χ1n) is 6.26. The van der Waals surface area contributed by atoms with Gasteiger partial charge in [0.2, 0.25) is 0 Å². The SMILES string of the molecule is Cc1cc(CN(C)C)c(O)c(C(C)(C)C)c1.[Cl][Ti]([Cl])[Cl]. The van der Waals surface area contributed by atoms with Crippen molar-refractivity contribution < 1.29 is 19.8 Å². The van der Waals surface area contributed by atoms with Gasteiger partial charge in [0.25, 0.3) is 0 Å². The molecule has 0 bridgehead atoms. The second kappa shape index (κ2) is 8.87. The maximum absolute atomic E-state index is 10.3. The zero-order valence-corrected chi connectivity index (χ0v) is 16.7. The van der Waals surface area contributed by atoms with Crippen molar-refractivity contribution in [3.05, 3.63) is 28.8 Å². The van der Waals surface area contributed by atoms with Gasteiger partial charge in [0.05, 0.1) is 0 Å². The third kappa shape index (κ3) is 8.12. The predicted octanol–water partition coefficient (Wildman–Crippen LogP) is 5.13. The molecule has 0 atom stereocenters. The molecular formula is C14H23Cl3NOTi. The molecule has 2 nitrogen and oxygen atoms in total.